The van der Waals surface area contributed by atoms with Crippen LogP contribution in [0.15, 0.2) is 24.5 Å². The van der Waals surface area contributed by atoms with E-state index in [9.17, 15) is 14.7 Å². The number of aromatic nitrogens is 1. The molecule has 0 radical (unpaired) electrons. The van der Waals surface area contributed by atoms with Crippen molar-refractivity contribution in [2.45, 2.75) is 38.1 Å². The standard InChI is InChI=1S/C15H21N3O3/c19-14(20)13-4-2-1-3-11-18(13)15(21)17-10-7-12-5-8-16-9-6-12/h5-6,8-9,13H,1-4,7,10-11H2,(H,17,21)(H,19,20). The Morgan fingerprint density at radius 3 is 2.76 bits per heavy atom. The lowest BCUT2D eigenvalue weighted by molar-refractivity contribution is -0.142. The van der Waals surface area contributed by atoms with Gasteiger partial charge in [-0.15, -0.1) is 0 Å². The molecule has 0 aliphatic carbocycles. The third kappa shape index (κ3) is 4.44. The number of carbonyl (C=O) groups excluding carboxylic acids is 1. The zero-order valence-electron chi connectivity index (χ0n) is 12.0. The number of carboxylic acids is 1. The number of likely N-dealkylation sites (tertiary alicyclic amines) is 1. The van der Waals surface area contributed by atoms with E-state index in [2.05, 4.69) is 10.3 Å². The first kappa shape index (κ1) is 15.3. The van der Waals surface area contributed by atoms with Gasteiger partial charge in [-0.25, -0.2) is 9.59 Å². The molecule has 2 rings (SSSR count). The number of pyridine rings is 1. The molecule has 114 valence electrons. The number of carboxylic acid groups (broad SMARTS) is 1. The molecule has 1 aliphatic heterocycles. The maximum Gasteiger partial charge on any atom is 0.326 e. The number of urea groups is 1. The zero-order valence-corrected chi connectivity index (χ0v) is 12.0. The molecular formula is C15H21N3O3. The van der Waals surface area contributed by atoms with E-state index in [4.69, 9.17) is 0 Å². The number of rotatable bonds is 4. The molecular weight excluding hydrogens is 270 g/mol. The highest BCUT2D eigenvalue weighted by Crippen LogP contribution is 2.17. The Bertz CT molecular complexity index is 478. The lowest BCUT2D eigenvalue weighted by Gasteiger charge is -2.27. The van der Waals surface area contributed by atoms with Gasteiger partial charge in [0.05, 0.1) is 0 Å². The van der Waals surface area contributed by atoms with Gasteiger partial charge in [-0.2, -0.15) is 0 Å². The molecule has 0 spiro atoms. The van der Waals surface area contributed by atoms with Crippen LogP contribution in [0.1, 0.15) is 31.2 Å². The molecule has 0 saturated carbocycles. The number of nitrogens with zero attached hydrogens (tertiary/aromatic N) is 2. The molecule has 6 nitrogen and oxygen atoms in total. The Labute approximate surface area is 124 Å². The first-order chi connectivity index (χ1) is 10.2. The van der Waals surface area contributed by atoms with Gasteiger partial charge in [0, 0.05) is 25.5 Å². The van der Waals surface area contributed by atoms with E-state index in [1.54, 1.807) is 12.4 Å². The number of amides is 2. The number of aliphatic carboxylic acids is 1. The van der Waals surface area contributed by atoms with Crippen molar-refractivity contribution < 1.29 is 14.7 Å². The topological polar surface area (TPSA) is 82.5 Å². The van der Waals surface area contributed by atoms with Crippen LogP contribution in [0.3, 0.4) is 0 Å². The fraction of sp³-hybridized carbons (Fsp3) is 0.533. The van der Waals surface area contributed by atoms with Gasteiger partial charge in [-0.1, -0.05) is 12.8 Å². The largest absolute Gasteiger partial charge is 0.480 e. The quantitative estimate of drug-likeness (QED) is 0.884. The van der Waals surface area contributed by atoms with Crippen LogP contribution in [-0.2, 0) is 11.2 Å². The molecule has 1 unspecified atom stereocenters. The van der Waals surface area contributed by atoms with Crippen LogP contribution in [0, 0.1) is 0 Å². The van der Waals surface area contributed by atoms with Crippen LogP contribution in [0.5, 0.6) is 0 Å². The van der Waals surface area contributed by atoms with E-state index in [1.807, 2.05) is 12.1 Å². The molecule has 0 aromatic carbocycles. The average molecular weight is 291 g/mol. The molecule has 1 saturated heterocycles. The smallest absolute Gasteiger partial charge is 0.326 e. The summed E-state index contributed by atoms with van der Waals surface area (Å²) in [6.45, 7) is 1.00. The SMILES string of the molecule is O=C(O)C1CCCCCN1C(=O)NCCc1ccncc1. The Morgan fingerprint density at radius 1 is 1.29 bits per heavy atom. The number of hydrogen-bond acceptors (Lipinski definition) is 3. The molecule has 6 heteroatoms. The molecule has 1 aromatic rings. The number of hydrogen-bond donors (Lipinski definition) is 2. The van der Waals surface area contributed by atoms with E-state index in [0.29, 0.717) is 25.9 Å². The minimum atomic E-state index is -0.916. The summed E-state index contributed by atoms with van der Waals surface area (Å²) in [7, 11) is 0. The van der Waals surface area contributed by atoms with Crippen molar-refractivity contribution >= 4 is 12.0 Å². The summed E-state index contributed by atoms with van der Waals surface area (Å²) in [6, 6.07) is 2.82. The van der Waals surface area contributed by atoms with Crippen LogP contribution < -0.4 is 5.32 Å². The van der Waals surface area contributed by atoms with E-state index in [1.165, 1.54) is 4.90 Å². The normalized spacial score (nSPS) is 18.9. The fourth-order valence-corrected chi connectivity index (χ4v) is 2.57. The average Bonchev–Trinajstić information content (AvgIpc) is 2.74. The Hall–Kier alpha value is -2.11. The van der Waals surface area contributed by atoms with E-state index in [0.717, 1.165) is 24.8 Å². The lowest BCUT2D eigenvalue weighted by atomic mass is 10.1. The van der Waals surface area contributed by atoms with Crippen molar-refractivity contribution in [3.05, 3.63) is 30.1 Å². The summed E-state index contributed by atoms with van der Waals surface area (Å²) in [5, 5.41) is 12.1. The highest BCUT2D eigenvalue weighted by atomic mass is 16.4. The van der Waals surface area contributed by atoms with Gasteiger partial charge < -0.3 is 15.3 Å². The van der Waals surface area contributed by atoms with Crippen molar-refractivity contribution in [3.8, 4) is 0 Å². The molecule has 2 amide bonds. The lowest BCUT2D eigenvalue weighted by Crippen LogP contribution is -2.49. The van der Waals surface area contributed by atoms with Crippen molar-refractivity contribution in [2.75, 3.05) is 13.1 Å². The highest BCUT2D eigenvalue weighted by molar-refractivity contribution is 5.82. The van der Waals surface area contributed by atoms with E-state index in [-0.39, 0.29) is 6.03 Å². The van der Waals surface area contributed by atoms with Crippen LogP contribution in [0.25, 0.3) is 0 Å². The monoisotopic (exact) mass is 291 g/mol. The molecule has 1 aliphatic rings. The first-order valence-electron chi connectivity index (χ1n) is 7.34. The zero-order chi connectivity index (χ0) is 15.1. The van der Waals surface area contributed by atoms with Gasteiger partial charge in [0.25, 0.3) is 0 Å². The molecule has 21 heavy (non-hydrogen) atoms. The second-order valence-corrected chi connectivity index (χ2v) is 5.23. The fourth-order valence-electron chi connectivity index (χ4n) is 2.57. The molecule has 0 bridgehead atoms. The minimum absolute atomic E-state index is 0.279. The van der Waals surface area contributed by atoms with Crippen molar-refractivity contribution in [1.82, 2.24) is 15.2 Å². The molecule has 1 fully saturated rings. The van der Waals surface area contributed by atoms with Crippen LogP contribution in [0.2, 0.25) is 0 Å². The molecule has 2 N–H and O–H groups in total. The molecule has 1 aromatic heterocycles. The summed E-state index contributed by atoms with van der Waals surface area (Å²) in [5.41, 5.74) is 1.09. The maximum absolute atomic E-state index is 12.2. The Kier molecular flexibility index (Phi) is 5.54. The summed E-state index contributed by atoms with van der Waals surface area (Å²) in [5.74, 6) is -0.916. The van der Waals surface area contributed by atoms with Gasteiger partial charge >= 0.3 is 12.0 Å². The van der Waals surface area contributed by atoms with Gasteiger partial charge in [0.2, 0.25) is 0 Å². The van der Waals surface area contributed by atoms with Gasteiger partial charge in [0.15, 0.2) is 0 Å². The Balaban J connectivity index is 1.87. The van der Waals surface area contributed by atoms with Crippen LogP contribution in [0.4, 0.5) is 4.79 Å². The summed E-state index contributed by atoms with van der Waals surface area (Å²) >= 11 is 0. The Morgan fingerprint density at radius 2 is 2.05 bits per heavy atom. The van der Waals surface area contributed by atoms with Gasteiger partial charge in [-0.05, 0) is 37.0 Å². The first-order valence-corrected chi connectivity index (χ1v) is 7.34. The van der Waals surface area contributed by atoms with E-state index >= 15 is 0 Å². The predicted octanol–water partition coefficient (Wildman–Crippen LogP) is 1.66. The minimum Gasteiger partial charge on any atom is -0.480 e. The second-order valence-electron chi connectivity index (χ2n) is 5.23. The number of nitrogens with one attached hydrogen (secondary N) is 1. The molecule has 1 atom stereocenters. The van der Waals surface area contributed by atoms with Crippen molar-refractivity contribution in [2.24, 2.45) is 0 Å². The third-order valence-electron chi connectivity index (χ3n) is 3.74. The second kappa shape index (κ2) is 7.61. The highest BCUT2D eigenvalue weighted by Gasteiger charge is 2.30. The third-order valence-corrected chi connectivity index (χ3v) is 3.74. The maximum atomic E-state index is 12.2. The predicted molar refractivity (Wildman–Crippen MR) is 77.9 cm³/mol. The van der Waals surface area contributed by atoms with Crippen LogP contribution in [-0.4, -0.2) is 46.1 Å². The summed E-state index contributed by atoms with van der Waals surface area (Å²) < 4.78 is 0. The molecule has 2 heterocycles. The van der Waals surface area contributed by atoms with E-state index < -0.39 is 12.0 Å². The summed E-state index contributed by atoms with van der Waals surface area (Å²) in [6.07, 6.45) is 7.37. The number of carbonyl (C=O) groups is 2. The van der Waals surface area contributed by atoms with Crippen molar-refractivity contribution in [3.63, 3.8) is 0 Å². The summed E-state index contributed by atoms with van der Waals surface area (Å²) in [4.78, 5) is 28.9. The van der Waals surface area contributed by atoms with Crippen molar-refractivity contribution in [1.29, 1.82) is 0 Å². The van der Waals surface area contributed by atoms with Gasteiger partial charge in [0.1, 0.15) is 6.04 Å². The van der Waals surface area contributed by atoms with Crippen LogP contribution >= 0.6 is 0 Å². The van der Waals surface area contributed by atoms with Gasteiger partial charge in [-0.3, -0.25) is 4.98 Å².